The molecule has 5 aromatic rings. The van der Waals surface area contributed by atoms with Gasteiger partial charge in [-0.3, -0.25) is 9.10 Å². The molecule has 0 atom stereocenters. The topological polar surface area (TPSA) is 115 Å². The van der Waals surface area contributed by atoms with E-state index in [-0.39, 0.29) is 18.1 Å². The van der Waals surface area contributed by atoms with Crippen molar-refractivity contribution in [2.24, 2.45) is 10.2 Å². The summed E-state index contributed by atoms with van der Waals surface area (Å²) in [7, 11) is -3.68. The molecule has 178 valence electrons. The molecule has 2 heterocycles. The molecule has 9 heteroatoms. The van der Waals surface area contributed by atoms with Gasteiger partial charge in [0.1, 0.15) is 0 Å². The van der Waals surface area contributed by atoms with Crippen molar-refractivity contribution >= 4 is 49.0 Å². The van der Waals surface area contributed by atoms with Gasteiger partial charge in [-0.25, -0.2) is 8.42 Å². The molecule has 0 bridgehead atoms. The molecule has 0 saturated carbocycles. The molecule has 0 spiro atoms. The number of aromatic amines is 1. The Morgan fingerprint density at radius 1 is 0.972 bits per heavy atom. The van der Waals surface area contributed by atoms with Crippen LogP contribution in [0.4, 0.5) is 11.4 Å². The van der Waals surface area contributed by atoms with Gasteiger partial charge >= 0.3 is 0 Å². The number of amides is 1. The Morgan fingerprint density at radius 2 is 1.69 bits per heavy atom. The number of nitrogens with one attached hydrogen (secondary N) is 1. The number of hydrogen-bond acceptors (Lipinski definition) is 5. The number of hydrogen-bond donors (Lipinski definition) is 2. The highest BCUT2D eigenvalue weighted by molar-refractivity contribution is 7.93. The fraction of sp³-hybridized carbons (Fsp3) is 0.0741. The summed E-state index contributed by atoms with van der Waals surface area (Å²) < 4.78 is 27.8. The van der Waals surface area contributed by atoms with Crippen molar-refractivity contribution in [3.05, 3.63) is 95.6 Å². The molecule has 0 unspecified atom stereocenters. The minimum atomic E-state index is -3.68. The van der Waals surface area contributed by atoms with Crippen LogP contribution in [-0.2, 0) is 16.6 Å². The second kappa shape index (κ2) is 8.03. The lowest BCUT2D eigenvalue weighted by Gasteiger charge is -2.19. The molecule has 4 aromatic carbocycles. The second-order valence-corrected chi connectivity index (χ2v) is 10.5. The van der Waals surface area contributed by atoms with E-state index >= 15 is 0 Å². The highest BCUT2D eigenvalue weighted by Gasteiger charge is 2.35. The van der Waals surface area contributed by atoms with E-state index in [1.54, 1.807) is 48.5 Å². The number of sulfonamides is 1. The summed E-state index contributed by atoms with van der Waals surface area (Å²) in [6.45, 7) is 2.03. The number of carbonyl (C=O) groups is 1. The van der Waals surface area contributed by atoms with Crippen molar-refractivity contribution in [2.45, 2.75) is 18.4 Å². The minimum Gasteiger partial charge on any atom is -0.493 e. The first-order chi connectivity index (χ1) is 17.3. The monoisotopic (exact) mass is 496 g/mol. The van der Waals surface area contributed by atoms with Crippen molar-refractivity contribution in [3.8, 4) is 5.88 Å². The van der Waals surface area contributed by atoms with Gasteiger partial charge in [-0.15, -0.1) is 10.2 Å². The first kappa shape index (κ1) is 22.0. The summed E-state index contributed by atoms with van der Waals surface area (Å²) in [5.74, 6) is -0.733. The number of para-hydroxylation sites is 1. The molecular formula is C27H20N4O4S. The summed E-state index contributed by atoms with van der Waals surface area (Å²) in [5, 5.41) is 20.2. The van der Waals surface area contributed by atoms with E-state index in [2.05, 4.69) is 15.2 Å². The maximum atomic E-state index is 13.2. The van der Waals surface area contributed by atoms with Crippen LogP contribution < -0.4 is 4.31 Å². The summed E-state index contributed by atoms with van der Waals surface area (Å²) in [5.41, 5.74) is 3.53. The number of rotatable bonds is 4. The van der Waals surface area contributed by atoms with Crippen molar-refractivity contribution < 1.29 is 18.3 Å². The van der Waals surface area contributed by atoms with Gasteiger partial charge < -0.3 is 10.1 Å². The van der Waals surface area contributed by atoms with Crippen molar-refractivity contribution in [1.29, 1.82) is 0 Å². The standard InChI is InChI=1S/C27H20N4O4S/c1-16-5-2-8-20-24(16)28-27(33)25(20)29-30-26(32)19-13-11-17(12-14-19)15-31-21-9-3-6-18-7-4-10-22(23(18)21)36(31,34)35/h2-14,28,33H,15H2,1H3. The molecule has 8 nitrogen and oxygen atoms in total. The SMILES string of the molecule is Cc1cccc2c(N=NC(=O)c3ccc(CN4c5cccc6cccc(c56)S4(=O)=O)cc3)c(O)[nH]c12. The molecule has 6 rings (SSSR count). The lowest BCUT2D eigenvalue weighted by molar-refractivity contribution is 0.0995. The average Bonchev–Trinajstić information content (AvgIpc) is 3.31. The predicted octanol–water partition coefficient (Wildman–Crippen LogP) is 5.97. The molecule has 2 N–H and O–H groups in total. The maximum Gasteiger partial charge on any atom is 0.295 e. The van der Waals surface area contributed by atoms with E-state index in [1.807, 2.05) is 37.3 Å². The van der Waals surface area contributed by atoms with Gasteiger partial charge in [-0.2, -0.15) is 0 Å². The maximum absolute atomic E-state index is 13.2. The van der Waals surface area contributed by atoms with Crippen LogP contribution in [0.1, 0.15) is 21.5 Å². The Balaban J connectivity index is 1.25. The Kier molecular flexibility index (Phi) is 4.90. The zero-order chi connectivity index (χ0) is 25.0. The third-order valence-electron chi connectivity index (χ3n) is 6.44. The summed E-state index contributed by atoms with van der Waals surface area (Å²) in [6, 6.07) is 22.9. The fourth-order valence-electron chi connectivity index (χ4n) is 4.64. The van der Waals surface area contributed by atoms with Gasteiger partial charge in [0.15, 0.2) is 5.69 Å². The first-order valence-corrected chi connectivity index (χ1v) is 12.7. The van der Waals surface area contributed by atoms with Crippen molar-refractivity contribution in [1.82, 2.24) is 4.98 Å². The number of aryl methyl sites for hydroxylation is 1. The molecular weight excluding hydrogens is 476 g/mol. The molecule has 0 saturated heterocycles. The Labute approximate surface area is 206 Å². The van der Waals surface area contributed by atoms with E-state index in [0.29, 0.717) is 21.5 Å². The molecule has 1 aromatic heterocycles. The first-order valence-electron chi connectivity index (χ1n) is 11.2. The van der Waals surface area contributed by atoms with E-state index < -0.39 is 15.9 Å². The lowest BCUT2D eigenvalue weighted by atomic mass is 10.1. The van der Waals surface area contributed by atoms with Crippen LogP contribution in [0.15, 0.2) is 94.0 Å². The number of benzene rings is 4. The molecule has 1 amide bonds. The Morgan fingerprint density at radius 3 is 2.47 bits per heavy atom. The number of fused-ring (bicyclic) bond motifs is 1. The summed E-state index contributed by atoms with van der Waals surface area (Å²) in [4.78, 5) is 15.8. The zero-order valence-electron chi connectivity index (χ0n) is 19.1. The number of H-pyrrole nitrogens is 1. The quantitative estimate of drug-likeness (QED) is 0.298. The van der Waals surface area contributed by atoms with Gasteiger partial charge in [0, 0.05) is 16.3 Å². The Hall–Kier alpha value is -4.50. The van der Waals surface area contributed by atoms with E-state index in [4.69, 9.17) is 0 Å². The second-order valence-electron chi connectivity index (χ2n) is 8.66. The van der Waals surface area contributed by atoms with Crippen LogP contribution in [0.25, 0.3) is 21.7 Å². The fourth-order valence-corrected chi connectivity index (χ4v) is 6.34. The van der Waals surface area contributed by atoms with E-state index in [0.717, 1.165) is 27.4 Å². The van der Waals surface area contributed by atoms with Crippen molar-refractivity contribution in [2.75, 3.05) is 4.31 Å². The predicted molar refractivity (Wildman–Crippen MR) is 137 cm³/mol. The average molecular weight is 497 g/mol. The molecule has 36 heavy (non-hydrogen) atoms. The van der Waals surface area contributed by atoms with Crippen LogP contribution in [0, 0.1) is 6.92 Å². The van der Waals surface area contributed by atoms with Gasteiger partial charge in [0.05, 0.1) is 22.6 Å². The number of aromatic nitrogens is 1. The normalized spacial score (nSPS) is 14.3. The van der Waals surface area contributed by atoms with Gasteiger partial charge in [0.2, 0.25) is 5.88 Å². The van der Waals surface area contributed by atoms with E-state index in [1.165, 1.54) is 4.31 Å². The van der Waals surface area contributed by atoms with Gasteiger partial charge in [-0.05, 0) is 47.7 Å². The highest BCUT2D eigenvalue weighted by Crippen LogP contribution is 2.42. The molecule has 1 aliphatic heterocycles. The highest BCUT2D eigenvalue weighted by atomic mass is 32.2. The van der Waals surface area contributed by atoms with E-state index in [9.17, 15) is 18.3 Å². The summed E-state index contributed by atoms with van der Waals surface area (Å²) in [6.07, 6.45) is 0. The number of aromatic hydroxyl groups is 1. The van der Waals surface area contributed by atoms with Gasteiger partial charge in [-0.1, -0.05) is 54.6 Å². The smallest absolute Gasteiger partial charge is 0.295 e. The largest absolute Gasteiger partial charge is 0.493 e. The third-order valence-corrected chi connectivity index (χ3v) is 8.25. The molecule has 1 aliphatic rings. The summed E-state index contributed by atoms with van der Waals surface area (Å²) >= 11 is 0. The van der Waals surface area contributed by atoms with Crippen LogP contribution in [-0.4, -0.2) is 24.4 Å². The van der Waals surface area contributed by atoms with Crippen LogP contribution in [0.2, 0.25) is 0 Å². The number of azo groups is 1. The van der Waals surface area contributed by atoms with Crippen LogP contribution in [0.5, 0.6) is 5.88 Å². The van der Waals surface area contributed by atoms with Gasteiger partial charge in [0.25, 0.3) is 15.9 Å². The zero-order valence-corrected chi connectivity index (χ0v) is 20.0. The molecule has 0 fully saturated rings. The van der Waals surface area contributed by atoms with Crippen LogP contribution >= 0.6 is 0 Å². The minimum absolute atomic E-state index is 0.134. The van der Waals surface area contributed by atoms with Crippen LogP contribution in [0.3, 0.4) is 0 Å². The molecule has 0 aliphatic carbocycles. The van der Waals surface area contributed by atoms with Crippen molar-refractivity contribution in [3.63, 3.8) is 0 Å². The Bertz CT molecular complexity index is 1820. The number of carbonyl (C=O) groups excluding carboxylic acids is 1. The number of anilines is 1. The lowest BCUT2D eigenvalue weighted by Crippen LogP contribution is -2.26. The molecule has 0 radical (unpaired) electrons. The number of nitrogens with zero attached hydrogens (tertiary/aromatic N) is 3. The third kappa shape index (κ3) is 3.36.